The van der Waals surface area contributed by atoms with Gasteiger partial charge in [-0.25, -0.2) is 0 Å². The molecule has 0 aromatic rings. The third-order valence-electron chi connectivity index (χ3n) is 2.29. The Bertz CT molecular complexity index is 267. The zero-order valence-electron chi connectivity index (χ0n) is 10.5. The van der Waals surface area contributed by atoms with Crippen molar-refractivity contribution in [3.05, 3.63) is 0 Å². The number of carbonyl (C=O) groups excluding carboxylic acids is 3. The van der Waals surface area contributed by atoms with E-state index in [-0.39, 0.29) is 30.6 Å². The molecule has 0 bridgehead atoms. The second kappa shape index (κ2) is 9.62. The summed E-state index contributed by atoms with van der Waals surface area (Å²) in [6.45, 7) is 0.545. The van der Waals surface area contributed by atoms with Crippen molar-refractivity contribution in [2.45, 2.75) is 32.1 Å². The molecule has 0 unspecified atom stereocenters. The third-order valence-corrected chi connectivity index (χ3v) is 2.29. The van der Waals surface area contributed by atoms with Gasteiger partial charge in [-0.2, -0.15) is 0 Å². The van der Waals surface area contributed by atoms with Crippen molar-refractivity contribution < 1.29 is 14.4 Å². The third kappa shape index (κ3) is 9.35. The molecule has 0 fully saturated rings. The lowest BCUT2D eigenvalue weighted by Gasteiger charge is -2.04. The maximum atomic E-state index is 11.2. The van der Waals surface area contributed by atoms with Gasteiger partial charge >= 0.3 is 0 Å². The van der Waals surface area contributed by atoms with Crippen LogP contribution in [0.3, 0.4) is 0 Å². The summed E-state index contributed by atoms with van der Waals surface area (Å²) >= 11 is 0. The zero-order chi connectivity index (χ0) is 13.1. The van der Waals surface area contributed by atoms with Gasteiger partial charge in [0, 0.05) is 39.9 Å². The number of unbranched alkanes of at least 4 members (excludes halogenated alkanes) is 1. The molecule has 0 rings (SSSR count). The van der Waals surface area contributed by atoms with E-state index < -0.39 is 0 Å². The fourth-order valence-electron chi connectivity index (χ4n) is 1.20. The first-order chi connectivity index (χ1) is 8.10. The van der Waals surface area contributed by atoms with Gasteiger partial charge in [-0.1, -0.05) is 0 Å². The number of hydrogen-bond acceptors (Lipinski definition) is 3. The van der Waals surface area contributed by atoms with Crippen LogP contribution >= 0.6 is 0 Å². The summed E-state index contributed by atoms with van der Waals surface area (Å²) in [6, 6.07) is 0. The summed E-state index contributed by atoms with van der Waals surface area (Å²) in [5.74, 6) is -0.260. The molecule has 0 aromatic heterocycles. The van der Waals surface area contributed by atoms with Crippen molar-refractivity contribution in [1.82, 2.24) is 16.0 Å². The van der Waals surface area contributed by atoms with E-state index in [1.165, 1.54) is 0 Å². The Morgan fingerprint density at radius 3 is 1.88 bits per heavy atom. The van der Waals surface area contributed by atoms with Gasteiger partial charge in [0.15, 0.2) is 0 Å². The lowest BCUT2D eigenvalue weighted by atomic mass is 10.2. The van der Waals surface area contributed by atoms with Crippen LogP contribution in [-0.4, -0.2) is 38.4 Å². The first-order valence-corrected chi connectivity index (χ1v) is 5.78. The van der Waals surface area contributed by atoms with E-state index in [0.717, 1.165) is 12.8 Å². The van der Waals surface area contributed by atoms with Crippen LogP contribution < -0.4 is 16.0 Å². The van der Waals surface area contributed by atoms with Crippen LogP contribution in [0, 0.1) is 0 Å². The highest BCUT2D eigenvalue weighted by atomic mass is 16.2. The molecular weight excluding hydrogens is 222 g/mol. The predicted octanol–water partition coefficient (Wildman–Crippen LogP) is -0.455. The molecule has 0 aliphatic carbocycles. The molecule has 0 saturated carbocycles. The van der Waals surface area contributed by atoms with Gasteiger partial charge in [-0.05, 0) is 12.8 Å². The molecule has 0 spiro atoms. The van der Waals surface area contributed by atoms with Crippen LogP contribution in [0.5, 0.6) is 0 Å². The Balaban J connectivity index is 3.39. The quantitative estimate of drug-likeness (QED) is 0.504. The second-order valence-corrected chi connectivity index (χ2v) is 3.65. The van der Waals surface area contributed by atoms with Gasteiger partial charge in [0.1, 0.15) is 0 Å². The molecule has 3 amide bonds. The molecule has 17 heavy (non-hydrogen) atoms. The summed E-state index contributed by atoms with van der Waals surface area (Å²) in [7, 11) is 3.14. The molecule has 6 heteroatoms. The predicted molar refractivity (Wildman–Crippen MR) is 64.2 cm³/mol. The summed E-state index contributed by atoms with van der Waals surface area (Å²) in [5.41, 5.74) is 0. The van der Waals surface area contributed by atoms with Crippen molar-refractivity contribution >= 4 is 17.7 Å². The fourth-order valence-corrected chi connectivity index (χ4v) is 1.20. The molecule has 6 nitrogen and oxygen atoms in total. The minimum Gasteiger partial charge on any atom is -0.359 e. The van der Waals surface area contributed by atoms with Crippen LogP contribution in [-0.2, 0) is 14.4 Å². The molecule has 3 N–H and O–H groups in total. The van der Waals surface area contributed by atoms with Crippen molar-refractivity contribution in [3.63, 3.8) is 0 Å². The molecule has 0 aromatic carbocycles. The van der Waals surface area contributed by atoms with Crippen molar-refractivity contribution in [3.8, 4) is 0 Å². The Morgan fingerprint density at radius 1 is 0.765 bits per heavy atom. The molecular formula is C11H21N3O3. The lowest BCUT2D eigenvalue weighted by Crippen LogP contribution is -2.27. The Labute approximate surface area is 102 Å². The van der Waals surface area contributed by atoms with Crippen molar-refractivity contribution in [2.75, 3.05) is 20.6 Å². The molecule has 0 aliphatic rings. The van der Waals surface area contributed by atoms with E-state index in [9.17, 15) is 14.4 Å². The molecule has 0 aliphatic heterocycles. The van der Waals surface area contributed by atoms with Crippen molar-refractivity contribution in [1.29, 1.82) is 0 Å². The maximum Gasteiger partial charge on any atom is 0.220 e. The van der Waals surface area contributed by atoms with Crippen LogP contribution in [0.15, 0.2) is 0 Å². The Hall–Kier alpha value is -1.59. The van der Waals surface area contributed by atoms with E-state index in [2.05, 4.69) is 16.0 Å². The maximum absolute atomic E-state index is 11.2. The van der Waals surface area contributed by atoms with Gasteiger partial charge in [0.05, 0.1) is 0 Å². The van der Waals surface area contributed by atoms with Gasteiger partial charge in [0.25, 0.3) is 0 Å². The highest BCUT2D eigenvalue weighted by Gasteiger charge is 2.04. The monoisotopic (exact) mass is 243 g/mol. The second-order valence-electron chi connectivity index (χ2n) is 3.65. The van der Waals surface area contributed by atoms with Crippen LogP contribution in [0.4, 0.5) is 0 Å². The molecule has 0 radical (unpaired) electrons. The topological polar surface area (TPSA) is 87.3 Å². The minimum atomic E-state index is -0.139. The number of rotatable bonds is 8. The summed E-state index contributed by atoms with van der Waals surface area (Å²) in [5, 5.41) is 7.69. The van der Waals surface area contributed by atoms with Gasteiger partial charge in [-0.3, -0.25) is 14.4 Å². The SMILES string of the molecule is CNC(=O)CCCCNC(=O)CCC(=O)NC. The number of hydrogen-bond donors (Lipinski definition) is 3. The summed E-state index contributed by atoms with van der Waals surface area (Å²) in [6.07, 6.45) is 2.40. The lowest BCUT2D eigenvalue weighted by molar-refractivity contribution is -0.126. The van der Waals surface area contributed by atoms with Gasteiger partial charge in [-0.15, -0.1) is 0 Å². The molecule has 0 atom stereocenters. The van der Waals surface area contributed by atoms with Crippen LogP contribution in [0.2, 0.25) is 0 Å². The Morgan fingerprint density at radius 2 is 1.29 bits per heavy atom. The first kappa shape index (κ1) is 15.4. The van der Waals surface area contributed by atoms with E-state index in [4.69, 9.17) is 0 Å². The van der Waals surface area contributed by atoms with Crippen LogP contribution in [0.25, 0.3) is 0 Å². The van der Waals surface area contributed by atoms with Crippen LogP contribution in [0.1, 0.15) is 32.1 Å². The number of carbonyl (C=O) groups is 3. The smallest absolute Gasteiger partial charge is 0.220 e. The highest BCUT2D eigenvalue weighted by molar-refractivity contribution is 5.83. The standard InChI is InChI=1S/C11H21N3O3/c1-12-9(15)5-3-4-8-14-11(17)7-6-10(16)13-2/h3-8H2,1-2H3,(H,12,15)(H,13,16)(H,14,17). The van der Waals surface area contributed by atoms with Gasteiger partial charge in [0.2, 0.25) is 17.7 Å². The minimum absolute atomic E-state index is 0.0101. The average Bonchev–Trinajstić information content (AvgIpc) is 2.34. The van der Waals surface area contributed by atoms with E-state index in [1.807, 2.05) is 0 Å². The number of nitrogens with one attached hydrogen (secondary N) is 3. The van der Waals surface area contributed by atoms with Crippen molar-refractivity contribution in [2.24, 2.45) is 0 Å². The van der Waals surface area contributed by atoms with E-state index >= 15 is 0 Å². The summed E-state index contributed by atoms with van der Waals surface area (Å²) < 4.78 is 0. The molecule has 98 valence electrons. The summed E-state index contributed by atoms with van der Waals surface area (Å²) in [4.78, 5) is 33.0. The van der Waals surface area contributed by atoms with Gasteiger partial charge < -0.3 is 16.0 Å². The van der Waals surface area contributed by atoms with E-state index in [1.54, 1.807) is 14.1 Å². The number of amides is 3. The fraction of sp³-hybridized carbons (Fsp3) is 0.727. The Kier molecular flexibility index (Phi) is 8.72. The first-order valence-electron chi connectivity index (χ1n) is 5.78. The largest absolute Gasteiger partial charge is 0.359 e. The highest BCUT2D eigenvalue weighted by Crippen LogP contribution is 1.94. The normalized spacial score (nSPS) is 9.53. The average molecular weight is 243 g/mol. The molecule has 0 saturated heterocycles. The molecule has 0 heterocycles. The van der Waals surface area contributed by atoms with E-state index in [0.29, 0.717) is 13.0 Å². The zero-order valence-corrected chi connectivity index (χ0v) is 10.5.